The van der Waals surface area contributed by atoms with Crippen molar-refractivity contribution in [2.75, 3.05) is 0 Å². The SMILES string of the molecule is Cc1ccc([S@](=O)c2ccccc2[C@H]([Se]c2ccccc2)[C@H](N[S@@](=O)c2ccc(C)cc2)c2ccccc2)cc1. The van der Waals surface area contributed by atoms with Gasteiger partial charge in [0.05, 0.1) is 0 Å². The summed E-state index contributed by atoms with van der Waals surface area (Å²) in [5.41, 5.74) is 4.30. The van der Waals surface area contributed by atoms with Gasteiger partial charge in [0, 0.05) is 0 Å². The minimum atomic E-state index is -1.45. The van der Waals surface area contributed by atoms with E-state index < -0.39 is 21.8 Å². The normalized spacial score (nSPS) is 14.2. The van der Waals surface area contributed by atoms with E-state index in [2.05, 4.69) is 47.2 Å². The molecule has 0 unspecified atom stereocenters. The molecule has 0 saturated carbocycles. The van der Waals surface area contributed by atoms with E-state index in [1.54, 1.807) is 0 Å². The Bertz CT molecular complexity index is 1590. The molecule has 0 aliphatic rings. The third-order valence-corrected chi connectivity index (χ3v) is 12.0. The summed E-state index contributed by atoms with van der Waals surface area (Å²) in [6.07, 6.45) is 0. The van der Waals surface area contributed by atoms with Gasteiger partial charge in [-0.25, -0.2) is 0 Å². The van der Waals surface area contributed by atoms with Crippen LogP contribution in [0.5, 0.6) is 0 Å². The van der Waals surface area contributed by atoms with E-state index in [0.717, 1.165) is 36.9 Å². The zero-order valence-corrected chi connectivity index (χ0v) is 25.7. The van der Waals surface area contributed by atoms with Gasteiger partial charge in [-0.15, -0.1) is 0 Å². The molecular weight excluding hydrogens is 597 g/mol. The summed E-state index contributed by atoms with van der Waals surface area (Å²) in [6, 6.07) is 44.0. The fraction of sp³-hybridized carbons (Fsp3) is 0.118. The van der Waals surface area contributed by atoms with Crippen molar-refractivity contribution in [3.63, 3.8) is 0 Å². The summed E-state index contributed by atoms with van der Waals surface area (Å²) in [5.74, 6) is 0. The zero-order valence-electron chi connectivity index (χ0n) is 22.4. The zero-order chi connectivity index (χ0) is 27.9. The fourth-order valence-electron chi connectivity index (χ4n) is 4.44. The third-order valence-electron chi connectivity index (χ3n) is 6.60. The second-order valence-corrected chi connectivity index (χ2v) is 14.8. The monoisotopic (exact) mass is 629 g/mol. The quantitative estimate of drug-likeness (QED) is 0.177. The van der Waals surface area contributed by atoms with E-state index in [0.29, 0.717) is 0 Å². The number of hydrogen-bond acceptors (Lipinski definition) is 2. The van der Waals surface area contributed by atoms with Crippen LogP contribution in [-0.2, 0) is 21.8 Å². The van der Waals surface area contributed by atoms with Crippen molar-refractivity contribution < 1.29 is 8.42 Å². The van der Waals surface area contributed by atoms with Gasteiger partial charge in [0.1, 0.15) is 0 Å². The summed E-state index contributed by atoms with van der Waals surface area (Å²) in [4.78, 5) is 2.21. The van der Waals surface area contributed by atoms with Gasteiger partial charge >= 0.3 is 249 Å². The Morgan fingerprint density at radius 1 is 0.600 bits per heavy atom. The third kappa shape index (κ3) is 6.95. The fourth-order valence-corrected chi connectivity index (χ4v) is 9.80. The number of rotatable bonds is 10. The predicted octanol–water partition coefficient (Wildman–Crippen LogP) is 6.59. The average molecular weight is 629 g/mol. The molecule has 1 N–H and O–H groups in total. The molecule has 0 radical (unpaired) electrons. The molecule has 5 rings (SSSR count). The molecule has 0 saturated heterocycles. The number of nitrogens with one attached hydrogen (secondary N) is 1. The maximum absolute atomic E-state index is 14.0. The van der Waals surface area contributed by atoms with Gasteiger partial charge in [0.15, 0.2) is 0 Å². The molecule has 0 spiro atoms. The van der Waals surface area contributed by atoms with Gasteiger partial charge in [-0.2, -0.15) is 0 Å². The van der Waals surface area contributed by atoms with Crippen LogP contribution in [0.25, 0.3) is 0 Å². The number of benzene rings is 5. The van der Waals surface area contributed by atoms with E-state index in [1.165, 1.54) is 4.46 Å². The molecule has 3 nitrogen and oxygen atoms in total. The standard InChI is InChI=1S/C34H31NO2S2Se/c1-25-17-21-28(22-18-25)38(36)32-16-10-9-15-31(32)34(40-30-13-7-4-8-14-30)33(27-11-5-3-6-12-27)35-39(37)29-23-19-26(2)20-24-29/h3-24,33-35H,1-2H3/t33-,34+,38+,39+/m1/s1. The Labute approximate surface area is 248 Å². The summed E-state index contributed by atoms with van der Waals surface area (Å²) in [5, 5.41) is 0. The molecule has 202 valence electrons. The van der Waals surface area contributed by atoms with Crippen LogP contribution in [0.1, 0.15) is 33.1 Å². The van der Waals surface area contributed by atoms with Crippen molar-refractivity contribution >= 4 is 41.2 Å². The topological polar surface area (TPSA) is 46.2 Å². The summed E-state index contributed by atoms with van der Waals surface area (Å²) >= 11 is -0.0696. The minimum absolute atomic E-state index is 0.0696. The Morgan fingerprint density at radius 3 is 1.75 bits per heavy atom. The van der Waals surface area contributed by atoms with Crippen LogP contribution in [0.2, 0.25) is 0 Å². The molecule has 0 aromatic heterocycles. The van der Waals surface area contributed by atoms with Gasteiger partial charge in [-0.1, -0.05) is 0 Å². The molecule has 0 fully saturated rings. The Balaban J connectivity index is 1.62. The van der Waals surface area contributed by atoms with Crippen molar-refractivity contribution in [3.05, 3.63) is 156 Å². The van der Waals surface area contributed by atoms with E-state index in [1.807, 2.05) is 105 Å². The van der Waals surface area contributed by atoms with Crippen LogP contribution in [0, 0.1) is 13.8 Å². The van der Waals surface area contributed by atoms with Crippen LogP contribution >= 0.6 is 0 Å². The van der Waals surface area contributed by atoms with Crippen molar-refractivity contribution in [1.82, 2.24) is 4.72 Å². The van der Waals surface area contributed by atoms with Crippen molar-refractivity contribution in [1.29, 1.82) is 0 Å². The molecular formula is C34H31NO2S2Se. The molecule has 0 amide bonds. The van der Waals surface area contributed by atoms with Gasteiger partial charge in [-0.05, 0) is 0 Å². The molecule has 0 bridgehead atoms. The van der Waals surface area contributed by atoms with Crippen molar-refractivity contribution in [3.8, 4) is 0 Å². The van der Waals surface area contributed by atoms with Crippen molar-refractivity contribution in [2.45, 2.75) is 39.4 Å². The summed E-state index contributed by atoms with van der Waals surface area (Å²) in [6.45, 7) is 4.06. The molecule has 0 aliphatic carbocycles. The van der Waals surface area contributed by atoms with Crippen LogP contribution in [0.3, 0.4) is 0 Å². The molecule has 5 aromatic rings. The van der Waals surface area contributed by atoms with E-state index in [4.69, 9.17) is 0 Å². The van der Waals surface area contributed by atoms with Crippen LogP contribution in [0.4, 0.5) is 0 Å². The Kier molecular flexibility index (Phi) is 9.58. The predicted molar refractivity (Wildman–Crippen MR) is 167 cm³/mol. The number of aryl methyl sites for hydroxylation is 2. The van der Waals surface area contributed by atoms with Crippen LogP contribution in [-0.4, -0.2) is 23.4 Å². The number of hydrogen-bond donors (Lipinski definition) is 1. The molecule has 4 atom stereocenters. The first-order chi connectivity index (χ1) is 19.5. The molecule has 6 heteroatoms. The Hall–Kier alpha value is -3.12. The first kappa shape index (κ1) is 28.4. The van der Waals surface area contributed by atoms with Gasteiger partial charge < -0.3 is 0 Å². The van der Waals surface area contributed by atoms with Crippen molar-refractivity contribution in [2.24, 2.45) is 0 Å². The summed E-state index contributed by atoms with van der Waals surface area (Å²) < 4.78 is 32.5. The summed E-state index contributed by atoms with van der Waals surface area (Å²) in [7, 11) is -2.81. The molecule has 5 aromatic carbocycles. The van der Waals surface area contributed by atoms with Crippen LogP contribution in [0.15, 0.2) is 148 Å². The van der Waals surface area contributed by atoms with E-state index in [9.17, 15) is 8.42 Å². The molecule has 40 heavy (non-hydrogen) atoms. The first-order valence-corrected chi connectivity index (χ1v) is 17.2. The van der Waals surface area contributed by atoms with E-state index >= 15 is 0 Å². The van der Waals surface area contributed by atoms with Gasteiger partial charge in [0.2, 0.25) is 0 Å². The maximum atomic E-state index is 14.0. The van der Waals surface area contributed by atoms with Gasteiger partial charge in [0.25, 0.3) is 0 Å². The van der Waals surface area contributed by atoms with Gasteiger partial charge in [-0.3, -0.25) is 0 Å². The van der Waals surface area contributed by atoms with Crippen LogP contribution < -0.4 is 9.18 Å². The second-order valence-electron chi connectivity index (χ2n) is 9.56. The first-order valence-electron chi connectivity index (χ1n) is 13.1. The Morgan fingerprint density at radius 2 is 1.12 bits per heavy atom. The van der Waals surface area contributed by atoms with E-state index in [-0.39, 0.29) is 25.8 Å². The molecule has 0 aliphatic heterocycles. The second kappa shape index (κ2) is 13.5. The average Bonchev–Trinajstić information content (AvgIpc) is 3.00. The molecule has 0 heterocycles.